The molecule has 0 unspecified atom stereocenters. The smallest absolute Gasteiger partial charge is 0.321 e. The molecule has 0 atom stereocenters. The number of aromatic nitrogens is 4. The van der Waals surface area contributed by atoms with Crippen LogP contribution in [0.15, 0.2) is 55.1 Å². The summed E-state index contributed by atoms with van der Waals surface area (Å²) < 4.78 is 1.70. The minimum absolute atomic E-state index is 0.114. The Morgan fingerprint density at radius 3 is 2.48 bits per heavy atom. The van der Waals surface area contributed by atoms with Gasteiger partial charge in [0, 0.05) is 55.3 Å². The standard InChI is InChI=1S/C18H18ClN7O/c19-14-2-4-15(5-3-14)23-18(27)25-10-8-24(9-11-25)16-12-17(21-13-20-16)26-7-1-6-22-26/h1-7,12-13H,8-11H2,(H,23,27). The van der Waals surface area contributed by atoms with E-state index in [9.17, 15) is 4.79 Å². The highest BCUT2D eigenvalue weighted by molar-refractivity contribution is 6.30. The van der Waals surface area contributed by atoms with Gasteiger partial charge in [0.05, 0.1) is 0 Å². The Labute approximate surface area is 161 Å². The quantitative estimate of drug-likeness (QED) is 0.752. The van der Waals surface area contributed by atoms with Crippen LogP contribution >= 0.6 is 11.6 Å². The van der Waals surface area contributed by atoms with Gasteiger partial charge in [0.1, 0.15) is 12.1 Å². The molecule has 2 amide bonds. The van der Waals surface area contributed by atoms with Gasteiger partial charge in [-0.3, -0.25) is 0 Å². The summed E-state index contributed by atoms with van der Waals surface area (Å²) >= 11 is 5.87. The van der Waals surface area contributed by atoms with Crippen molar-refractivity contribution < 1.29 is 4.79 Å². The van der Waals surface area contributed by atoms with Crippen molar-refractivity contribution in [2.75, 3.05) is 36.4 Å². The Morgan fingerprint density at radius 2 is 1.78 bits per heavy atom. The van der Waals surface area contributed by atoms with Gasteiger partial charge < -0.3 is 15.1 Å². The van der Waals surface area contributed by atoms with Crippen LogP contribution in [0.5, 0.6) is 0 Å². The summed E-state index contributed by atoms with van der Waals surface area (Å²) in [7, 11) is 0. The summed E-state index contributed by atoms with van der Waals surface area (Å²) in [6, 6.07) is 10.7. The van der Waals surface area contributed by atoms with E-state index in [1.54, 1.807) is 40.0 Å². The lowest BCUT2D eigenvalue weighted by Gasteiger charge is -2.35. The van der Waals surface area contributed by atoms with Crippen LogP contribution in [0.1, 0.15) is 0 Å². The van der Waals surface area contributed by atoms with Crippen molar-refractivity contribution in [1.29, 1.82) is 0 Å². The molecular weight excluding hydrogens is 366 g/mol. The number of hydrogen-bond donors (Lipinski definition) is 1. The molecule has 1 N–H and O–H groups in total. The fraction of sp³-hybridized carbons (Fsp3) is 0.222. The van der Waals surface area contributed by atoms with E-state index in [1.165, 1.54) is 6.33 Å². The highest BCUT2D eigenvalue weighted by Gasteiger charge is 2.22. The molecule has 0 spiro atoms. The van der Waals surface area contributed by atoms with Crippen LogP contribution < -0.4 is 10.2 Å². The fourth-order valence-electron chi connectivity index (χ4n) is 2.91. The van der Waals surface area contributed by atoms with Gasteiger partial charge in [-0.1, -0.05) is 11.6 Å². The molecule has 27 heavy (non-hydrogen) atoms. The number of piperazine rings is 1. The molecule has 4 rings (SSSR count). The molecule has 1 aromatic carbocycles. The van der Waals surface area contributed by atoms with Gasteiger partial charge in [-0.15, -0.1) is 0 Å². The molecule has 9 heteroatoms. The van der Waals surface area contributed by atoms with Crippen LogP contribution in [0.4, 0.5) is 16.3 Å². The van der Waals surface area contributed by atoms with E-state index in [2.05, 4.69) is 25.3 Å². The number of amides is 2. The van der Waals surface area contributed by atoms with E-state index in [0.29, 0.717) is 37.0 Å². The monoisotopic (exact) mass is 383 g/mol. The van der Waals surface area contributed by atoms with Crippen molar-refractivity contribution in [2.24, 2.45) is 0 Å². The Hall–Kier alpha value is -3.13. The molecule has 3 heterocycles. The van der Waals surface area contributed by atoms with Crippen LogP contribution in [0.3, 0.4) is 0 Å². The van der Waals surface area contributed by atoms with Gasteiger partial charge in [0.2, 0.25) is 0 Å². The normalized spacial score (nSPS) is 14.3. The maximum atomic E-state index is 12.4. The first-order valence-corrected chi connectivity index (χ1v) is 8.95. The van der Waals surface area contributed by atoms with Crippen LogP contribution in [-0.4, -0.2) is 56.9 Å². The lowest BCUT2D eigenvalue weighted by atomic mass is 10.3. The molecule has 138 valence electrons. The number of benzene rings is 1. The van der Waals surface area contributed by atoms with Crippen molar-refractivity contribution in [3.05, 3.63) is 60.1 Å². The second-order valence-electron chi connectivity index (χ2n) is 6.10. The molecule has 1 aliphatic heterocycles. The summed E-state index contributed by atoms with van der Waals surface area (Å²) in [5, 5.41) is 7.73. The molecule has 0 saturated carbocycles. The Balaban J connectivity index is 1.37. The highest BCUT2D eigenvalue weighted by atomic mass is 35.5. The highest BCUT2D eigenvalue weighted by Crippen LogP contribution is 2.17. The Kier molecular flexibility index (Phi) is 4.88. The molecule has 0 bridgehead atoms. The maximum Gasteiger partial charge on any atom is 0.321 e. The number of hydrogen-bond acceptors (Lipinski definition) is 5. The number of nitrogens with zero attached hydrogens (tertiary/aromatic N) is 6. The maximum absolute atomic E-state index is 12.4. The third-order valence-electron chi connectivity index (χ3n) is 4.36. The SMILES string of the molecule is O=C(Nc1ccc(Cl)cc1)N1CCN(c2cc(-n3cccn3)ncn2)CC1. The molecule has 0 radical (unpaired) electrons. The predicted molar refractivity (Wildman–Crippen MR) is 103 cm³/mol. The summed E-state index contributed by atoms with van der Waals surface area (Å²) in [6.07, 6.45) is 5.08. The summed E-state index contributed by atoms with van der Waals surface area (Å²) in [4.78, 5) is 25.0. The van der Waals surface area contributed by atoms with E-state index < -0.39 is 0 Å². The number of rotatable bonds is 3. The van der Waals surface area contributed by atoms with Gasteiger partial charge in [-0.05, 0) is 30.3 Å². The summed E-state index contributed by atoms with van der Waals surface area (Å²) in [5.74, 6) is 1.54. The average molecular weight is 384 g/mol. The van der Waals surface area contributed by atoms with Gasteiger partial charge in [-0.25, -0.2) is 19.4 Å². The second kappa shape index (κ2) is 7.63. The van der Waals surface area contributed by atoms with E-state index in [1.807, 2.05) is 18.3 Å². The lowest BCUT2D eigenvalue weighted by molar-refractivity contribution is 0.208. The Morgan fingerprint density at radius 1 is 1.04 bits per heavy atom. The first kappa shape index (κ1) is 17.3. The van der Waals surface area contributed by atoms with Crippen molar-refractivity contribution >= 4 is 29.1 Å². The minimum atomic E-state index is -0.114. The van der Waals surface area contributed by atoms with Crippen molar-refractivity contribution in [3.63, 3.8) is 0 Å². The lowest BCUT2D eigenvalue weighted by Crippen LogP contribution is -2.50. The van der Waals surface area contributed by atoms with Crippen molar-refractivity contribution in [3.8, 4) is 5.82 Å². The molecule has 3 aromatic rings. The van der Waals surface area contributed by atoms with Crippen LogP contribution in [0, 0.1) is 0 Å². The molecule has 1 aliphatic rings. The minimum Gasteiger partial charge on any atom is -0.353 e. The number of urea groups is 1. The zero-order valence-electron chi connectivity index (χ0n) is 14.5. The third kappa shape index (κ3) is 4.01. The first-order chi connectivity index (χ1) is 13.2. The molecule has 1 fully saturated rings. The molecule has 8 nitrogen and oxygen atoms in total. The average Bonchev–Trinajstić information content (AvgIpc) is 3.25. The zero-order chi connectivity index (χ0) is 18.6. The molecule has 2 aromatic heterocycles. The van der Waals surface area contributed by atoms with E-state index in [0.717, 1.165) is 11.5 Å². The fourth-order valence-corrected chi connectivity index (χ4v) is 3.04. The largest absolute Gasteiger partial charge is 0.353 e. The molecule has 1 saturated heterocycles. The summed E-state index contributed by atoms with van der Waals surface area (Å²) in [5.41, 5.74) is 0.728. The van der Waals surface area contributed by atoms with Gasteiger partial charge >= 0.3 is 6.03 Å². The van der Waals surface area contributed by atoms with Gasteiger partial charge in [0.25, 0.3) is 0 Å². The van der Waals surface area contributed by atoms with Crippen molar-refractivity contribution in [1.82, 2.24) is 24.6 Å². The predicted octanol–water partition coefficient (Wildman–Crippen LogP) is 2.67. The van der Waals surface area contributed by atoms with E-state index in [4.69, 9.17) is 11.6 Å². The number of anilines is 2. The van der Waals surface area contributed by atoms with Gasteiger partial charge in [0.15, 0.2) is 5.82 Å². The van der Waals surface area contributed by atoms with Crippen molar-refractivity contribution in [2.45, 2.75) is 0 Å². The third-order valence-corrected chi connectivity index (χ3v) is 4.62. The number of nitrogens with one attached hydrogen (secondary N) is 1. The first-order valence-electron chi connectivity index (χ1n) is 8.57. The number of carbonyl (C=O) groups is 1. The summed E-state index contributed by atoms with van der Waals surface area (Å²) in [6.45, 7) is 2.62. The van der Waals surface area contributed by atoms with Gasteiger partial charge in [-0.2, -0.15) is 5.10 Å². The Bertz CT molecular complexity index is 906. The van der Waals surface area contributed by atoms with Crippen LogP contribution in [-0.2, 0) is 0 Å². The topological polar surface area (TPSA) is 79.2 Å². The second-order valence-corrected chi connectivity index (χ2v) is 6.53. The van der Waals surface area contributed by atoms with E-state index in [-0.39, 0.29) is 6.03 Å². The molecular formula is C18H18ClN7O. The zero-order valence-corrected chi connectivity index (χ0v) is 15.3. The van der Waals surface area contributed by atoms with Crippen LogP contribution in [0.2, 0.25) is 5.02 Å². The number of carbonyl (C=O) groups excluding carboxylic acids is 1. The van der Waals surface area contributed by atoms with Crippen LogP contribution in [0.25, 0.3) is 5.82 Å². The number of halogens is 1. The molecule has 0 aliphatic carbocycles. The van der Waals surface area contributed by atoms with E-state index >= 15 is 0 Å².